The molecular formula is C23H21N3O5. The lowest BCUT2D eigenvalue weighted by molar-refractivity contribution is -0.384. The average Bonchev–Trinajstić information content (AvgIpc) is 2.74. The van der Waals surface area contributed by atoms with Gasteiger partial charge in [0.1, 0.15) is 5.75 Å². The molecule has 0 fully saturated rings. The second-order valence-electron chi connectivity index (χ2n) is 6.77. The molecule has 0 bridgehead atoms. The Morgan fingerprint density at radius 1 is 0.968 bits per heavy atom. The maximum atomic E-state index is 12.7. The molecule has 0 aliphatic rings. The van der Waals surface area contributed by atoms with Crippen molar-refractivity contribution in [2.24, 2.45) is 0 Å². The van der Waals surface area contributed by atoms with Crippen molar-refractivity contribution < 1.29 is 19.2 Å². The van der Waals surface area contributed by atoms with Crippen molar-refractivity contribution in [1.29, 1.82) is 0 Å². The Bertz CT molecular complexity index is 1100. The number of rotatable bonds is 8. The van der Waals surface area contributed by atoms with E-state index < -0.39 is 4.92 Å². The second-order valence-corrected chi connectivity index (χ2v) is 6.77. The summed E-state index contributed by atoms with van der Waals surface area (Å²) < 4.78 is 5.45. The van der Waals surface area contributed by atoms with Gasteiger partial charge in [0.05, 0.1) is 29.2 Å². The highest BCUT2D eigenvalue weighted by Gasteiger charge is 2.14. The summed E-state index contributed by atoms with van der Waals surface area (Å²) in [6.45, 7) is 2.02. The minimum Gasteiger partial charge on any atom is -0.493 e. The number of ether oxygens (including phenoxy) is 1. The van der Waals surface area contributed by atoms with Gasteiger partial charge in [0.2, 0.25) is 5.91 Å². The number of amides is 2. The summed E-state index contributed by atoms with van der Waals surface area (Å²) in [7, 11) is 0. The highest BCUT2D eigenvalue weighted by Crippen LogP contribution is 2.19. The third-order valence-corrected chi connectivity index (χ3v) is 4.37. The molecule has 8 nitrogen and oxygen atoms in total. The zero-order valence-electron chi connectivity index (χ0n) is 16.8. The number of anilines is 2. The van der Waals surface area contributed by atoms with E-state index in [0.717, 1.165) is 5.56 Å². The van der Waals surface area contributed by atoms with Gasteiger partial charge in [0.15, 0.2) is 0 Å². The molecule has 0 radical (unpaired) electrons. The van der Waals surface area contributed by atoms with E-state index in [0.29, 0.717) is 22.7 Å². The van der Waals surface area contributed by atoms with Crippen LogP contribution in [0.4, 0.5) is 17.1 Å². The molecule has 0 heterocycles. The van der Waals surface area contributed by atoms with E-state index in [1.54, 1.807) is 30.3 Å². The van der Waals surface area contributed by atoms with E-state index in [1.807, 2.05) is 25.1 Å². The average molecular weight is 419 g/mol. The van der Waals surface area contributed by atoms with E-state index in [9.17, 15) is 19.7 Å². The number of hydrogen-bond donors (Lipinski definition) is 2. The van der Waals surface area contributed by atoms with Gasteiger partial charge in [-0.3, -0.25) is 19.7 Å². The molecule has 0 aromatic heterocycles. The fraction of sp³-hybridized carbons (Fsp3) is 0.130. The van der Waals surface area contributed by atoms with Crippen LogP contribution in [-0.4, -0.2) is 23.3 Å². The molecule has 2 N–H and O–H groups in total. The van der Waals surface area contributed by atoms with Crippen molar-refractivity contribution in [3.8, 4) is 5.75 Å². The van der Waals surface area contributed by atoms with Crippen molar-refractivity contribution in [3.63, 3.8) is 0 Å². The minimum atomic E-state index is -0.496. The number of carbonyl (C=O) groups excluding carboxylic acids is 2. The fourth-order valence-electron chi connectivity index (χ4n) is 2.85. The van der Waals surface area contributed by atoms with Crippen molar-refractivity contribution in [1.82, 2.24) is 0 Å². The van der Waals surface area contributed by atoms with E-state index in [2.05, 4.69) is 10.6 Å². The van der Waals surface area contributed by atoms with Gasteiger partial charge < -0.3 is 15.4 Å². The van der Waals surface area contributed by atoms with Crippen molar-refractivity contribution >= 4 is 28.9 Å². The lowest BCUT2D eigenvalue weighted by atomic mass is 10.1. The SMILES string of the molecule is Cc1cccc(NC(=O)c2ccccc2NC(=O)CCOc2ccc([N+](=O)[O-])cc2)c1. The topological polar surface area (TPSA) is 111 Å². The molecule has 31 heavy (non-hydrogen) atoms. The lowest BCUT2D eigenvalue weighted by Gasteiger charge is -2.12. The number of nitrogens with one attached hydrogen (secondary N) is 2. The molecule has 2 amide bonds. The third-order valence-electron chi connectivity index (χ3n) is 4.37. The third kappa shape index (κ3) is 6.14. The highest BCUT2D eigenvalue weighted by atomic mass is 16.6. The molecule has 0 spiro atoms. The first-order valence-corrected chi connectivity index (χ1v) is 9.56. The van der Waals surface area contributed by atoms with Crippen LogP contribution in [0.15, 0.2) is 72.8 Å². The van der Waals surface area contributed by atoms with Crippen LogP contribution in [0, 0.1) is 17.0 Å². The molecule has 3 aromatic carbocycles. The number of nitro groups is 1. The van der Waals surface area contributed by atoms with Crippen LogP contribution in [0.25, 0.3) is 0 Å². The van der Waals surface area contributed by atoms with Crippen LogP contribution in [0.2, 0.25) is 0 Å². The summed E-state index contributed by atoms with van der Waals surface area (Å²) in [5.41, 5.74) is 2.39. The van der Waals surface area contributed by atoms with E-state index >= 15 is 0 Å². The molecule has 0 saturated carbocycles. The molecule has 158 valence electrons. The van der Waals surface area contributed by atoms with Gasteiger partial charge in [-0.2, -0.15) is 0 Å². The van der Waals surface area contributed by atoms with Gasteiger partial charge in [-0.05, 0) is 48.9 Å². The highest BCUT2D eigenvalue weighted by molar-refractivity contribution is 6.10. The van der Waals surface area contributed by atoms with Crippen LogP contribution in [0.3, 0.4) is 0 Å². The van der Waals surface area contributed by atoms with Gasteiger partial charge in [0.25, 0.3) is 11.6 Å². The first kappa shape index (κ1) is 21.5. The van der Waals surface area contributed by atoms with Gasteiger partial charge in [-0.15, -0.1) is 0 Å². The number of hydrogen-bond acceptors (Lipinski definition) is 5. The number of para-hydroxylation sites is 1. The first-order valence-electron chi connectivity index (χ1n) is 9.56. The molecule has 0 aliphatic heterocycles. The van der Waals surface area contributed by atoms with Gasteiger partial charge in [-0.25, -0.2) is 0 Å². The van der Waals surface area contributed by atoms with Gasteiger partial charge >= 0.3 is 0 Å². The maximum Gasteiger partial charge on any atom is 0.269 e. The summed E-state index contributed by atoms with van der Waals surface area (Å²) >= 11 is 0. The standard InChI is InChI=1S/C23H21N3O5/c1-16-5-4-6-17(15-16)24-23(28)20-7-2-3-8-21(20)25-22(27)13-14-31-19-11-9-18(10-12-19)26(29)30/h2-12,15H,13-14H2,1H3,(H,24,28)(H,25,27). The zero-order valence-corrected chi connectivity index (χ0v) is 16.8. The molecular weight excluding hydrogens is 398 g/mol. The summed E-state index contributed by atoms with van der Waals surface area (Å²) in [6, 6.07) is 19.8. The molecule has 0 atom stereocenters. The van der Waals surface area contributed by atoms with E-state index in [-0.39, 0.29) is 30.5 Å². The Hall–Kier alpha value is -4.20. The zero-order chi connectivity index (χ0) is 22.2. The second kappa shape index (κ2) is 10.0. The van der Waals surface area contributed by atoms with Crippen LogP contribution in [0.5, 0.6) is 5.75 Å². The fourth-order valence-corrected chi connectivity index (χ4v) is 2.85. The quantitative estimate of drug-likeness (QED) is 0.411. The Morgan fingerprint density at radius 3 is 2.42 bits per heavy atom. The van der Waals surface area contributed by atoms with Crippen molar-refractivity contribution in [3.05, 3.63) is 94.0 Å². The van der Waals surface area contributed by atoms with Crippen molar-refractivity contribution in [2.45, 2.75) is 13.3 Å². The lowest BCUT2D eigenvalue weighted by Crippen LogP contribution is -2.19. The molecule has 0 aliphatic carbocycles. The Kier molecular flexibility index (Phi) is 6.95. The number of nitrogens with zero attached hydrogens (tertiary/aromatic N) is 1. The van der Waals surface area contributed by atoms with Crippen molar-refractivity contribution in [2.75, 3.05) is 17.2 Å². The van der Waals surface area contributed by atoms with Crippen LogP contribution in [0.1, 0.15) is 22.3 Å². The monoisotopic (exact) mass is 419 g/mol. The summed E-state index contributed by atoms with van der Waals surface area (Å²) in [5, 5.41) is 16.2. The number of aryl methyl sites for hydroxylation is 1. The van der Waals surface area contributed by atoms with Crippen LogP contribution in [-0.2, 0) is 4.79 Å². The Morgan fingerprint density at radius 2 is 1.71 bits per heavy atom. The smallest absolute Gasteiger partial charge is 0.269 e. The number of nitro benzene ring substituents is 1. The van der Waals surface area contributed by atoms with Gasteiger partial charge in [0, 0.05) is 17.8 Å². The predicted octanol–water partition coefficient (Wildman–Crippen LogP) is 4.56. The summed E-state index contributed by atoms with van der Waals surface area (Å²) in [4.78, 5) is 35.1. The van der Waals surface area contributed by atoms with E-state index in [4.69, 9.17) is 4.74 Å². The molecule has 3 rings (SSSR count). The van der Waals surface area contributed by atoms with Gasteiger partial charge in [-0.1, -0.05) is 24.3 Å². The largest absolute Gasteiger partial charge is 0.493 e. The van der Waals surface area contributed by atoms with E-state index in [1.165, 1.54) is 24.3 Å². The minimum absolute atomic E-state index is 0.0364. The number of carbonyl (C=O) groups is 2. The summed E-state index contributed by atoms with van der Waals surface area (Å²) in [6.07, 6.45) is 0.0464. The molecule has 0 saturated heterocycles. The maximum absolute atomic E-state index is 12.7. The Balaban J connectivity index is 1.56. The molecule has 8 heteroatoms. The normalized spacial score (nSPS) is 10.2. The number of benzene rings is 3. The number of non-ortho nitro benzene ring substituents is 1. The Labute approximate surface area is 179 Å². The predicted molar refractivity (Wildman–Crippen MR) is 117 cm³/mol. The summed E-state index contributed by atoms with van der Waals surface area (Å²) in [5.74, 6) is -0.224. The van der Waals surface area contributed by atoms with Crippen LogP contribution < -0.4 is 15.4 Å². The first-order chi connectivity index (χ1) is 14.9. The van der Waals surface area contributed by atoms with Crippen LogP contribution >= 0.6 is 0 Å². The molecule has 0 unspecified atom stereocenters. The molecule has 3 aromatic rings.